The first-order valence-corrected chi connectivity index (χ1v) is 12.6. The zero-order chi connectivity index (χ0) is 24.5. The molecule has 7 nitrogen and oxygen atoms in total. The number of nitrogen functional groups attached to an aromatic ring is 1. The van der Waals surface area contributed by atoms with Gasteiger partial charge in [0.25, 0.3) is 5.56 Å². The molecule has 1 unspecified atom stereocenters. The zero-order valence-electron chi connectivity index (χ0n) is 19.4. The van der Waals surface area contributed by atoms with E-state index in [4.69, 9.17) is 10.7 Å². The van der Waals surface area contributed by atoms with Gasteiger partial charge in [0, 0.05) is 5.69 Å². The third-order valence-corrected chi connectivity index (χ3v) is 7.09. The Morgan fingerprint density at radius 2 is 1.62 bits per heavy atom. The summed E-state index contributed by atoms with van der Waals surface area (Å²) in [6, 6.07) is 19.9. The Morgan fingerprint density at radius 3 is 2.26 bits per heavy atom. The first-order valence-electron chi connectivity index (χ1n) is 11.1. The third kappa shape index (κ3) is 4.88. The molecule has 1 aromatic heterocycles. The van der Waals surface area contributed by atoms with Crippen LogP contribution in [0.2, 0.25) is 0 Å². The molecule has 0 spiro atoms. The highest BCUT2D eigenvalue weighted by Gasteiger charge is 2.27. The topological polar surface area (TPSA) is 107 Å². The summed E-state index contributed by atoms with van der Waals surface area (Å²) in [6.45, 7) is 5.97. The summed E-state index contributed by atoms with van der Waals surface area (Å²) in [5.41, 5.74) is 8.16. The average Bonchev–Trinajstić information content (AvgIpc) is 2.79. The maximum atomic E-state index is 13.6. The summed E-state index contributed by atoms with van der Waals surface area (Å²) >= 11 is 0. The average molecular weight is 477 g/mol. The molecule has 34 heavy (non-hydrogen) atoms. The standard InChI is InChI=1S/C26H28N4O3S/c1-17(2)16-24(29-34(32,33)21-14-10-19(27)11-15-21)25-28-23-7-5-4-6-22(23)26(31)30(25)20-12-8-18(3)9-13-20/h4-15,17,24,29H,16,27H2,1-3H3. The lowest BCUT2D eigenvalue weighted by Crippen LogP contribution is -2.35. The number of rotatable bonds is 7. The van der Waals surface area contributed by atoms with E-state index in [-0.39, 0.29) is 16.4 Å². The smallest absolute Gasteiger partial charge is 0.266 e. The number of benzene rings is 3. The second-order valence-corrected chi connectivity index (χ2v) is 10.5. The van der Waals surface area contributed by atoms with Crippen LogP contribution >= 0.6 is 0 Å². The molecule has 1 atom stereocenters. The highest BCUT2D eigenvalue weighted by atomic mass is 32.2. The summed E-state index contributed by atoms with van der Waals surface area (Å²) in [7, 11) is -3.90. The largest absolute Gasteiger partial charge is 0.399 e. The van der Waals surface area contributed by atoms with Crippen molar-refractivity contribution in [2.24, 2.45) is 5.92 Å². The quantitative estimate of drug-likeness (QED) is 0.386. The fraction of sp³-hybridized carbons (Fsp3) is 0.231. The maximum Gasteiger partial charge on any atom is 0.266 e. The number of aryl methyl sites for hydroxylation is 1. The van der Waals surface area contributed by atoms with Gasteiger partial charge in [-0.25, -0.2) is 18.1 Å². The van der Waals surface area contributed by atoms with Gasteiger partial charge in [-0.15, -0.1) is 0 Å². The molecule has 4 aromatic rings. The Labute approximate surface area is 199 Å². The molecule has 1 heterocycles. The van der Waals surface area contributed by atoms with E-state index in [0.29, 0.717) is 34.5 Å². The van der Waals surface area contributed by atoms with Crippen molar-refractivity contribution in [1.29, 1.82) is 0 Å². The molecule has 0 bridgehead atoms. The van der Waals surface area contributed by atoms with Gasteiger partial charge in [-0.2, -0.15) is 0 Å². The Kier molecular flexibility index (Phi) is 6.54. The van der Waals surface area contributed by atoms with Crippen molar-refractivity contribution in [1.82, 2.24) is 14.3 Å². The minimum absolute atomic E-state index is 0.0977. The SMILES string of the molecule is Cc1ccc(-n2c(C(CC(C)C)NS(=O)(=O)c3ccc(N)cc3)nc3ccccc3c2=O)cc1. The van der Waals surface area contributed by atoms with Crippen LogP contribution in [-0.4, -0.2) is 18.0 Å². The highest BCUT2D eigenvalue weighted by molar-refractivity contribution is 7.89. The molecule has 3 N–H and O–H groups in total. The number of aromatic nitrogens is 2. The van der Waals surface area contributed by atoms with E-state index < -0.39 is 16.1 Å². The minimum Gasteiger partial charge on any atom is -0.399 e. The van der Waals surface area contributed by atoms with Gasteiger partial charge >= 0.3 is 0 Å². The lowest BCUT2D eigenvalue weighted by molar-refractivity contribution is 0.450. The molecule has 8 heteroatoms. The summed E-state index contributed by atoms with van der Waals surface area (Å²) in [4.78, 5) is 18.5. The van der Waals surface area contributed by atoms with Gasteiger partial charge in [-0.05, 0) is 67.8 Å². The van der Waals surface area contributed by atoms with Crippen LogP contribution in [0.15, 0.2) is 82.5 Å². The van der Waals surface area contributed by atoms with Crippen LogP contribution in [-0.2, 0) is 10.0 Å². The lowest BCUT2D eigenvalue weighted by atomic mass is 10.0. The summed E-state index contributed by atoms with van der Waals surface area (Å²) in [6.07, 6.45) is 0.449. The van der Waals surface area contributed by atoms with Crippen LogP contribution in [0, 0.1) is 12.8 Å². The van der Waals surface area contributed by atoms with E-state index in [2.05, 4.69) is 4.72 Å². The molecule has 0 saturated carbocycles. The Morgan fingerprint density at radius 1 is 0.971 bits per heavy atom. The van der Waals surface area contributed by atoms with Crippen molar-refractivity contribution in [3.05, 3.63) is 94.5 Å². The van der Waals surface area contributed by atoms with Gasteiger partial charge in [0.15, 0.2) is 0 Å². The number of nitrogens with zero attached hydrogens (tertiary/aromatic N) is 2. The van der Waals surface area contributed by atoms with Gasteiger partial charge in [-0.1, -0.05) is 43.7 Å². The first-order chi connectivity index (χ1) is 16.2. The second-order valence-electron chi connectivity index (χ2n) is 8.84. The normalized spacial score (nSPS) is 12.8. The Hall–Kier alpha value is -3.49. The summed E-state index contributed by atoms with van der Waals surface area (Å²) in [5.74, 6) is 0.481. The third-order valence-electron chi connectivity index (χ3n) is 5.60. The molecule has 3 aromatic carbocycles. The van der Waals surface area contributed by atoms with Crippen LogP contribution in [0.1, 0.15) is 37.7 Å². The zero-order valence-corrected chi connectivity index (χ0v) is 20.2. The van der Waals surface area contributed by atoms with E-state index in [1.807, 2.05) is 51.1 Å². The van der Waals surface area contributed by atoms with E-state index >= 15 is 0 Å². The molecule has 0 aliphatic rings. The first kappa shape index (κ1) is 23.7. The number of sulfonamides is 1. The van der Waals surface area contributed by atoms with Crippen molar-refractivity contribution < 1.29 is 8.42 Å². The number of hydrogen-bond acceptors (Lipinski definition) is 5. The van der Waals surface area contributed by atoms with Crippen LogP contribution in [0.5, 0.6) is 0 Å². The van der Waals surface area contributed by atoms with Crippen molar-refractivity contribution >= 4 is 26.6 Å². The van der Waals surface area contributed by atoms with E-state index in [0.717, 1.165) is 5.56 Å². The lowest BCUT2D eigenvalue weighted by Gasteiger charge is -2.24. The molecule has 0 fully saturated rings. The fourth-order valence-electron chi connectivity index (χ4n) is 3.91. The predicted octanol–water partition coefficient (Wildman–Crippen LogP) is 4.34. The van der Waals surface area contributed by atoms with Crippen molar-refractivity contribution in [3.8, 4) is 5.69 Å². The van der Waals surface area contributed by atoms with E-state index in [9.17, 15) is 13.2 Å². The second kappa shape index (κ2) is 9.40. The van der Waals surface area contributed by atoms with Gasteiger partial charge in [-0.3, -0.25) is 9.36 Å². The molecule has 4 rings (SSSR count). The maximum absolute atomic E-state index is 13.6. The number of para-hydroxylation sites is 1. The summed E-state index contributed by atoms with van der Waals surface area (Å²) in [5, 5.41) is 0.469. The number of nitrogens with one attached hydrogen (secondary N) is 1. The van der Waals surface area contributed by atoms with Crippen molar-refractivity contribution in [2.75, 3.05) is 5.73 Å². The van der Waals surface area contributed by atoms with Gasteiger partial charge < -0.3 is 5.73 Å². The molecular weight excluding hydrogens is 448 g/mol. The molecule has 0 saturated heterocycles. The van der Waals surface area contributed by atoms with Gasteiger partial charge in [0.1, 0.15) is 5.82 Å². The van der Waals surface area contributed by atoms with Gasteiger partial charge in [0.05, 0.1) is 27.5 Å². The molecule has 0 amide bonds. The molecule has 0 aliphatic heterocycles. The predicted molar refractivity (Wildman–Crippen MR) is 135 cm³/mol. The van der Waals surface area contributed by atoms with Crippen LogP contribution in [0.4, 0.5) is 5.69 Å². The van der Waals surface area contributed by atoms with Crippen molar-refractivity contribution in [3.63, 3.8) is 0 Å². The fourth-order valence-corrected chi connectivity index (χ4v) is 5.11. The number of anilines is 1. The Balaban J connectivity index is 1.92. The van der Waals surface area contributed by atoms with E-state index in [1.54, 1.807) is 30.3 Å². The van der Waals surface area contributed by atoms with Crippen molar-refractivity contribution in [2.45, 2.75) is 38.1 Å². The molecular formula is C26H28N4O3S. The molecule has 176 valence electrons. The van der Waals surface area contributed by atoms with Crippen LogP contribution in [0.25, 0.3) is 16.6 Å². The monoisotopic (exact) mass is 476 g/mol. The molecule has 0 radical (unpaired) electrons. The number of nitrogens with two attached hydrogens (primary N) is 1. The number of hydrogen-bond donors (Lipinski definition) is 2. The highest BCUT2D eigenvalue weighted by Crippen LogP contribution is 2.26. The van der Waals surface area contributed by atoms with Crippen LogP contribution in [0.3, 0.4) is 0 Å². The minimum atomic E-state index is -3.90. The summed E-state index contributed by atoms with van der Waals surface area (Å²) < 4.78 is 30.9. The van der Waals surface area contributed by atoms with Gasteiger partial charge in [0.2, 0.25) is 10.0 Å². The van der Waals surface area contributed by atoms with E-state index in [1.165, 1.54) is 16.7 Å². The van der Waals surface area contributed by atoms with Crippen LogP contribution < -0.4 is 16.0 Å². The Bertz CT molecular complexity index is 1480. The molecule has 0 aliphatic carbocycles. The number of fused-ring (bicyclic) bond motifs is 1.